The second-order valence-electron chi connectivity index (χ2n) is 30.3. The molecule has 5 aliphatic heterocycles. The topological polar surface area (TPSA) is 288 Å². The van der Waals surface area contributed by atoms with E-state index in [1.165, 1.54) is 12.2 Å². The summed E-state index contributed by atoms with van der Waals surface area (Å²) in [6.07, 6.45) is 14.1. The highest BCUT2D eigenvalue weighted by atomic mass is 16.6. The summed E-state index contributed by atoms with van der Waals surface area (Å²) in [7, 11) is 6.58. The van der Waals surface area contributed by atoms with Crippen molar-refractivity contribution in [1.82, 2.24) is 0 Å². The smallest absolute Gasteiger partial charge is 0.331 e. The molecule has 0 saturated carbocycles. The Labute approximate surface area is 587 Å². The van der Waals surface area contributed by atoms with Gasteiger partial charge in [0, 0.05) is 102 Å². The van der Waals surface area contributed by atoms with Crippen molar-refractivity contribution in [3.05, 3.63) is 71.9 Å². The molecule has 30 atom stereocenters. The molecule has 5 heterocycles. The summed E-state index contributed by atoms with van der Waals surface area (Å²) in [5, 5.41) is 94.4. The van der Waals surface area contributed by atoms with E-state index in [-0.39, 0.29) is 99.2 Å². The van der Waals surface area contributed by atoms with E-state index in [0.717, 1.165) is 25.7 Å². The number of ether oxygens (including phenoxy) is 10. The van der Waals surface area contributed by atoms with Gasteiger partial charge in [0.05, 0.1) is 122 Å². The van der Waals surface area contributed by atoms with Gasteiger partial charge >= 0.3 is 11.9 Å². The fraction of sp³-hybridized carbons (Fsp3) is 0.821. The van der Waals surface area contributed by atoms with Gasteiger partial charge in [0.2, 0.25) is 0 Å². The SMILES string of the molecule is CO[C@H]1C[C@H](CC[C@H](C)[C@H](O)[C@H](C)[C@H]2OC(=O)/C=C/C(C)=C/C[C@H](O)C[C@@H]3C=CC[C@@H](C[C@H](OC)[C@@H](C)[C@@H](O)C[C@@H](O)[C@H](C)[C@@H]([C@@H](C)[C@@H](O)[C@@H](C)CC[C@H]4C[C@H](OC)C[C@H](C)O4)OC(=O)/C=C/C(C)=C/C[C@H](O)C[C@@H]4C=CC[C@@H](C[C@H](OC)[C@@H](C)[C@@H](O)C[C@@H](O)[C@@H]2C)O4)O3)O[C@@H](C)C1. The van der Waals surface area contributed by atoms with E-state index in [0.29, 0.717) is 62.5 Å². The number of allylic oxidation sites excluding steroid dienone is 4. The summed E-state index contributed by atoms with van der Waals surface area (Å²) in [4.78, 5) is 27.8. The molecule has 0 radical (unpaired) electrons. The van der Waals surface area contributed by atoms with Gasteiger partial charge in [0.1, 0.15) is 12.2 Å². The van der Waals surface area contributed by atoms with Crippen LogP contribution in [-0.2, 0) is 57.0 Å². The molecule has 20 heteroatoms. The molecular formula is C78H132O20. The van der Waals surface area contributed by atoms with Crippen LogP contribution >= 0.6 is 0 Å². The second-order valence-corrected chi connectivity index (χ2v) is 30.3. The summed E-state index contributed by atoms with van der Waals surface area (Å²) >= 11 is 0. The number of aliphatic hydroxyl groups is 8. The largest absolute Gasteiger partial charge is 0.458 e. The maximum atomic E-state index is 13.9. The van der Waals surface area contributed by atoms with Gasteiger partial charge in [-0.15, -0.1) is 0 Å². The van der Waals surface area contributed by atoms with Gasteiger partial charge in [-0.05, 0) is 129 Å². The average Bonchev–Trinajstić information content (AvgIpc) is 0.853. The fourth-order valence-electron chi connectivity index (χ4n) is 15.3. The molecule has 0 aromatic heterocycles. The maximum absolute atomic E-state index is 13.9. The first-order chi connectivity index (χ1) is 46.4. The summed E-state index contributed by atoms with van der Waals surface area (Å²) in [5.41, 5.74) is 1.39. The van der Waals surface area contributed by atoms with E-state index in [9.17, 15) is 50.4 Å². The van der Waals surface area contributed by atoms with Gasteiger partial charge in [-0.25, -0.2) is 9.59 Å². The van der Waals surface area contributed by atoms with Crippen LogP contribution in [0.5, 0.6) is 0 Å². The number of cyclic esters (lactones) is 2. The monoisotopic (exact) mass is 1390 g/mol. The molecule has 8 N–H and O–H groups in total. The Morgan fingerprint density at radius 2 is 0.806 bits per heavy atom. The van der Waals surface area contributed by atoms with Crippen molar-refractivity contribution in [1.29, 1.82) is 0 Å². The van der Waals surface area contributed by atoms with E-state index in [4.69, 9.17) is 47.4 Å². The molecule has 0 amide bonds. The van der Waals surface area contributed by atoms with E-state index < -0.39 is 133 Å². The number of carbonyl (C=O) groups is 2. The average molecular weight is 1390 g/mol. The van der Waals surface area contributed by atoms with Crippen LogP contribution in [0.25, 0.3) is 0 Å². The van der Waals surface area contributed by atoms with Crippen LogP contribution in [-0.4, -0.2) is 216 Å². The minimum Gasteiger partial charge on any atom is -0.458 e. The number of methoxy groups -OCH3 is 4. The van der Waals surface area contributed by atoms with Crippen molar-refractivity contribution >= 4 is 11.9 Å². The third kappa shape index (κ3) is 28.1. The highest BCUT2D eigenvalue weighted by Gasteiger charge is 2.42. The van der Waals surface area contributed by atoms with Gasteiger partial charge in [-0.2, -0.15) is 0 Å². The number of esters is 2. The normalized spacial score (nSPS) is 41.1. The van der Waals surface area contributed by atoms with Crippen LogP contribution in [0.3, 0.4) is 0 Å². The minimum absolute atomic E-state index is 0.0293. The summed E-state index contributed by atoms with van der Waals surface area (Å²) in [6, 6.07) is 0. The Kier molecular flexibility index (Phi) is 37.6. The molecule has 0 unspecified atom stereocenters. The summed E-state index contributed by atoms with van der Waals surface area (Å²) in [6.45, 7) is 22.5. The number of fused-ring (bicyclic) bond motifs is 4. The van der Waals surface area contributed by atoms with Gasteiger partial charge in [-0.1, -0.05) is 115 Å². The van der Waals surface area contributed by atoms with Crippen molar-refractivity contribution in [2.45, 2.75) is 333 Å². The van der Waals surface area contributed by atoms with E-state index in [1.54, 1.807) is 54.4 Å². The lowest BCUT2D eigenvalue weighted by Crippen LogP contribution is -2.45. The molecule has 0 aliphatic carbocycles. The zero-order valence-electron chi connectivity index (χ0n) is 62.3. The minimum atomic E-state index is -1.16. The Bertz CT molecular complexity index is 2320. The van der Waals surface area contributed by atoms with Crippen LogP contribution in [0.4, 0.5) is 0 Å². The Morgan fingerprint density at radius 3 is 1.15 bits per heavy atom. The van der Waals surface area contributed by atoms with Crippen molar-refractivity contribution in [3.63, 3.8) is 0 Å². The first kappa shape index (κ1) is 85.4. The lowest BCUT2D eigenvalue weighted by atomic mass is 9.78. The molecule has 2 fully saturated rings. The van der Waals surface area contributed by atoms with Crippen LogP contribution in [0.1, 0.15) is 199 Å². The molecule has 98 heavy (non-hydrogen) atoms. The Morgan fingerprint density at radius 1 is 0.449 bits per heavy atom. The zero-order valence-corrected chi connectivity index (χ0v) is 62.3. The molecule has 20 nitrogen and oxygen atoms in total. The molecular weight excluding hydrogens is 1260 g/mol. The maximum Gasteiger partial charge on any atom is 0.331 e. The van der Waals surface area contributed by atoms with Gasteiger partial charge in [0.15, 0.2) is 0 Å². The number of hydrogen-bond donors (Lipinski definition) is 8. The predicted molar refractivity (Wildman–Crippen MR) is 377 cm³/mol. The third-order valence-electron chi connectivity index (χ3n) is 22.3. The number of hydrogen-bond acceptors (Lipinski definition) is 20. The highest BCUT2D eigenvalue weighted by molar-refractivity contribution is 5.83. The molecule has 5 rings (SSSR count). The molecule has 5 aliphatic rings. The first-order valence-corrected chi connectivity index (χ1v) is 37.1. The first-order valence-electron chi connectivity index (χ1n) is 37.1. The lowest BCUT2D eigenvalue weighted by molar-refractivity contribution is -0.158. The van der Waals surface area contributed by atoms with E-state index in [2.05, 4.69) is 0 Å². The number of rotatable bonds is 16. The van der Waals surface area contributed by atoms with Crippen LogP contribution < -0.4 is 0 Å². The zero-order chi connectivity index (χ0) is 72.5. The van der Waals surface area contributed by atoms with E-state index >= 15 is 0 Å². The molecule has 0 spiro atoms. The third-order valence-corrected chi connectivity index (χ3v) is 22.3. The number of aliphatic hydroxyl groups excluding tert-OH is 8. The summed E-state index contributed by atoms with van der Waals surface area (Å²) in [5.74, 6) is -5.50. The van der Waals surface area contributed by atoms with Gasteiger partial charge < -0.3 is 88.2 Å². The fourth-order valence-corrected chi connectivity index (χ4v) is 15.3. The van der Waals surface area contributed by atoms with Crippen molar-refractivity contribution in [2.24, 2.45) is 47.3 Å². The van der Waals surface area contributed by atoms with E-state index in [1.807, 2.05) is 106 Å². The summed E-state index contributed by atoms with van der Waals surface area (Å²) < 4.78 is 61.3. The quantitative estimate of drug-likeness (QED) is 0.0527. The van der Waals surface area contributed by atoms with Gasteiger partial charge in [-0.3, -0.25) is 0 Å². The molecule has 0 aromatic rings. The van der Waals surface area contributed by atoms with Gasteiger partial charge in [0.25, 0.3) is 0 Å². The predicted octanol–water partition coefficient (Wildman–Crippen LogP) is 10.1. The molecule has 564 valence electrons. The lowest BCUT2D eigenvalue weighted by Gasteiger charge is -2.38. The molecule has 2 saturated heterocycles. The Hall–Kier alpha value is -3.26. The van der Waals surface area contributed by atoms with Crippen molar-refractivity contribution in [2.75, 3.05) is 28.4 Å². The van der Waals surface area contributed by atoms with Crippen molar-refractivity contribution < 1.29 is 97.8 Å². The van der Waals surface area contributed by atoms with Crippen molar-refractivity contribution in [3.8, 4) is 0 Å². The second kappa shape index (κ2) is 43.1. The number of carbonyl (C=O) groups excluding carboxylic acids is 2. The Balaban J connectivity index is 1.36. The molecule has 0 aromatic carbocycles. The standard InChI is InChI=1S/C78H132O20/c1-45-23-29-57(79)37-59-19-17-21-61(95-59)41-71(91-15)52(8)68(82)44-70(84)54(10)78(56(12)76(88)48(4)28-32-64-40-66(90-14)36-50(6)94-64)98-74(86)34-26-46(2)24-30-58(80)38-60-20-18-22-62(96-60)42-72(92-16)51(7)67(81)43-69(83)53(9)77(97-73(85)33-25-45)55(11)75(87)47(3)27-31-63-39-65(89-13)35-49(5)93-63/h17-20,23-26,33-34,47-72,75-84,87-88H,21-22,27-32,35-44H2,1-16H3/b33-25+,34-26+,45-23+,46-24+/t47-,48-,49-,50-,51-,52-,53-,54-,55-,56-,57-,58-,59-,60-,61-,62-,63-,64-,65+,66+,67-,68-,69+,70+,71-,72-,75-,76-,77-,78-/m0/s1. The van der Waals surface area contributed by atoms with Crippen LogP contribution in [0.2, 0.25) is 0 Å². The van der Waals surface area contributed by atoms with Crippen LogP contribution in [0, 0.1) is 47.3 Å². The molecule has 4 bridgehead atoms. The highest BCUT2D eigenvalue weighted by Crippen LogP contribution is 2.37. The van der Waals surface area contributed by atoms with Crippen LogP contribution in [0.15, 0.2) is 71.9 Å².